The predicted octanol–water partition coefficient (Wildman–Crippen LogP) is 2.41. The van der Waals surface area contributed by atoms with Crippen molar-refractivity contribution in [1.29, 1.82) is 0 Å². The van der Waals surface area contributed by atoms with Gasteiger partial charge in [0.25, 0.3) is 0 Å². The highest BCUT2D eigenvalue weighted by atomic mass is 32.2. The standard InChI is InChI=1S/C15H12N6O3S/c1-9-7-12(20-24-9)16-14(22)8-25-15-18-17-13-5-4-10(19-21(13)15)11-3-2-6-23-11/h2-7H,8H2,1H3,(H,16,20,22). The minimum absolute atomic E-state index is 0.138. The van der Waals surface area contributed by atoms with E-state index < -0.39 is 0 Å². The smallest absolute Gasteiger partial charge is 0.236 e. The molecule has 9 nitrogen and oxygen atoms in total. The van der Waals surface area contributed by atoms with Gasteiger partial charge in [-0.1, -0.05) is 16.9 Å². The van der Waals surface area contributed by atoms with Crippen molar-refractivity contribution in [2.75, 3.05) is 11.1 Å². The minimum atomic E-state index is -0.225. The molecule has 0 fully saturated rings. The lowest BCUT2D eigenvalue weighted by Crippen LogP contribution is -2.14. The molecule has 0 aliphatic carbocycles. The van der Waals surface area contributed by atoms with Crippen LogP contribution in [0.15, 0.2) is 50.7 Å². The number of aromatic nitrogens is 5. The third-order valence-electron chi connectivity index (χ3n) is 3.24. The number of thioether (sulfide) groups is 1. The van der Waals surface area contributed by atoms with E-state index in [0.717, 1.165) is 0 Å². The molecule has 0 spiro atoms. The van der Waals surface area contributed by atoms with E-state index in [1.165, 1.54) is 11.8 Å². The number of nitrogens with one attached hydrogen (secondary N) is 1. The molecule has 25 heavy (non-hydrogen) atoms. The van der Waals surface area contributed by atoms with Crippen LogP contribution < -0.4 is 5.32 Å². The SMILES string of the molecule is Cc1cc(NC(=O)CSc2nnc3ccc(-c4ccco4)nn23)no1. The van der Waals surface area contributed by atoms with Crippen LogP contribution in [-0.4, -0.2) is 36.6 Å². The highest BCUT2D eigenvalue weighted by Crippen LogP contribution is 2.21. The predicted molar refractivity (Wildman–Crippen MR) is 89.1 cm³/mol. The number of carbonyl (C=O) groups excluding carboxylic acids is 1. The van der Waals surface area contributed by atoms with Crippen molar-refractivity contribution in [1.82, 2.24) is 25.0 Å². The number of rotatable bonds is 5. The number of carbonyl (C=O) groups is 1. The zero-order valence-corrected chi connectivity index (χ0v) is 13.9. The van der Waals surface area contributed by atoms with E-state index in [9.17, 15) is 4.79 Å². The van der Waals surface area contributed by atoms with Crippen LogP contribution in [0.5, 0.6) is 0 Å². The molecule has 0 bridgehead atoms. The number of furan rings is 1. The molecule has 0 aromatic carbocycles. The van der Waals surface area contributed by atoms with Crippen LogP contribution in [0.25, 0.3) is 17.1 Å². The molecule has 4 aromatic heterocycles. The first-order valence-electron chi connectivity index (χ1n) is 7.31. The van der Waals surface area contributed by atoms with Gasteiger partial charge in [0, 0.05) is 6.07 Å². The second kappa shape index (κ2) is 6.40. The molecule has 0 aliphatic heterocycles. The average molecular weight is 356 g/mol. The highest BCUT2D eigenvalue weighted by molar-refractivity contribution is 7.99. The molecule has 0 saturated heterocycles. The quantitative estimate of drug-likeness (QED) is 0.543. The zero-order chi connectivity index (χ0) is 17.2. The van der Waals surface area contributed by atoms with Crippen molar-refractivity contribution in [2.45, 2.75) is 12.1 Å². The summed E-state index contributed by atoms with van der Waals surface area (Å²) >= 11 is 1.22. The Morgan fingerprint density at radius 2 is 2.24 bits per heavy atom. The van der Waals surface area contributed by atoms with E-state index in [2.05, 4.69) is 25.8 Å². The molecular formula is C15H12N6O3S. The molecule has 1 N–H and O–H groups in total. The summed E-state index contributed by atoms with van der Waals surface area (Å²) in [6, 6.07) is 8.85. The molecule has 0 unspecified atom stereocenters. The number of hydrogen-bond acceptors (Lipinski definition) is 8. The van der Waals surface area contributed by atoms with Gasteiger partial charge in [-0.05, 0) is 31.2 Å². The fourth-order valence-electron chi connectivity index (χ4n) is 2.15. The van der Waals surface area contributed by atoms with E-state index in [1.54, 1.807) is 42.0 Å². The fraction of sp³-hybridized carbons (Fsp3) is 0.133. The van der Waals surface area contributed by atoms with E-state index in [4.69, 9.17) is 8.94 Å². The van der Waals surface area contributed by atoms with Gasteiger partial charge in [-0.15, -0.1) is 10.2 Å². The van der Waals surface area contributed by atoms with Crippen LogP contribution in [0, 0.1) is 6.92 Å². The second-order valence-electron chi connectivity index (χ2n) is 5.11. The van der Waals surface area contributed by atoms with Gasteiger partial charge < -0.3 is 14.3 Å². The second-order valence-corrected chi connectivity index (χ2v) is 6.05. The van der Waals surface area contributed by atoms with Crippen LogP contribution in [0.3, 0.4) is 0 Å². The third kappa shape index (κ3) is 3.24. The zero-order valence-electron chi connectivity index (χ0n) is 13.0. The lowest BCUT2D eigenvalue weighted by molar-refractivity contribution is -0.113. The number of aryl methyl sites for hydroxylation is 1. The summed E-state index contributed by atoms with van der Waals surface area (Å²) in [5.74, 6) is 1.57. The first-order valence-corrected chi connectivity index (χ1v) is 8.30. The summed E-state index contributed by atoms with van der Waals surface area (Å²) in [5, 5.41) is 19.5. The van der Waals surface area contributed by atoms with Crippen LogP contribution in [0.4, 0.5) is 5.82 Å². The van der Waals surface area contributed by atoms with Gasteiger partial charge in [-0.2, -0.15) is 9.61 Å². The Kier molecular flexibility index (Phi) is 3.94. The molecule has 4 rings (SSSR count). The van der Waals surface area contributed by atoms with Gasteiger partial charge in [0.1, 0.15) is 11.5 Å². The number of hydrogen-bond donors (Lipinski definition) is 1. The van der Waals surface area contributed by atoms with E-state index in [1.807, 2.05) is 6.07 Å². The van der Waals surface area contributed by atoms with Crippen molar-refractivity contribution >= 4 is 29.1 Å². The fourth-order valence-corrected chi connectivity index (χ4v) is 2.84. The van der Waals surface area contributed by atoms with Crippen molar-refractivity contribution in [2.24, 2.45) is 0 Å². The van der Waals surface area contributed by atoms with E-state index >= 15 is 0 Å². The summed E-state index contributed by atoms with van der Waals surface area (Å²) in [7, 11) is 0. The Bertz CT molecular complexity index is 1020. The Labute approximate surface area is 145 Å². The lowest BCUT2D eigenvalue weighted by Gasteiger charge is -2.01. The van der Waals surface area contributed by atoms with Gasteiger partial charge in [0.15, 0.2) is 17.2 Å². The van der Waals surface area contributed by atoms with E-state index in [0.29, 0.717) is 33.8 Å². The topological polar surface area (TPSA) is 111 Å². The van der Waals surface area contributed by atoms with Crippen molar-refractivity contribution in [3.05, 3.63) is 42.4 Å². The molecule has 0 saturated carbocycles. The average Bonchev–Trinajstić information content (AvgIpc) is 3.33. The maximum absolute atomic E-state index is 12.0. The van der Waals surface area contributed by atoms with Crippen molar-refractivity contribution in [3.63, 3.8) is 0 Å². The summed E-state index contributed by atoms with van der Waals surface area (Å²) in [6.45, 7) is 1.75. The number of nitrogens with zero attached hydrogens (tertiary/aromatic N) is 5. The molecular weight excluding hydrogens is 344 g/mol. The Balaban J connectivity index is 1.49. The third-order valence-corrected chi connectivity index (χ3v) is 4.15. The monoisotopic (exact) mass is 356 g/mol. The van der Waals surface area contributed by atoms with Crippen LogP contribution in [0.2, 0.25) is 0 Å². The van der Waals surface area contributed by atoms with Gasteiger partial charge >= 0.3 is 0 Å². The molecule has 0 radical (unpaired) electrons. The summed E-state index contributed by atoms with van der Waals surface area (Å²) < 4.78 is 11.8. The lowest BCUT2D eigenvalue weighted by atomic mass is 10.3. The van der Waals surface area contributed by atoms with Crippen molar-refractivity contribution < 1.29 is 13.7 Å². The summed E-state index contributed by atoms with van der Waals surface area (Å²) in [4.78, 5) is 12.0. The highest BCUT2D eigenvalue weighted by Gasteiger charge is 2.13. The molecule has 126 valence electrons. The minimum Gasteiger partial charge on any atom is -0.463 e. The number of anilines is 1. The Hall–Kier alpha value is -3.14. The van der Waals surface area contributed by atoms with E-state index in [-0.39, 0.29) is 11.7 Å². The first kappa shape index (κ1) is 15.4. The normalized spacial score (nSPS) is 11.1. The van der Waals surface area contributed by atoms with Gasteiger partial charge in [0.05, 0.1) is 12.0 Å². The molecule has 0 atom stereocenters. The summed E-state index contributed by atoms with van der Waals surface area (Å²) in [5.41, 5.74) is 1.24. The molecule has 1 amide bonds. The maximum atomic E-state index is 12.0. The molecule has 10 heteroatoms. The Morgan fingerprint density at radius 3 is 3.00 bits per heavy atom. The van der Waals surface area contributed by atoms with Gasteiger partial charge in [0.2, 0.25) is 11.1 Å². The Morgan fingerprint density at radius 1 is 1.32 bits per heavy atom. The summed E-state index contributed by atoms with van der Waals surface area (Å²) in [6.07, 6.45) is 1.58. The maximum Gasteiger partial charge on any atom is 0.236 e. The van der Waals surface area contributed by atoms with Crippen molar-refractivity contribution in [3.8, 4) is 11.5 Å². The molecule has 4 heterocycles. The van der Waals surface area contributed by atoms with Crippen LogP contribution >= 0.6 is 11.8 Å². The van der Waals surface area contributed by atoms with Crippen LogP contribution in [0.1, 0.15) is 5.76 Å². The van der Waals surface area contributed by atoms with Crippen LogP contribution in [-0.2, 0) is 4.79 Å². The first-order chi connectivity index (χ1) is 12.2. The number of amides is 1. The largest absolute Gasteiger partial charge is 0.463 e. The van der Waals surface area contributed by atoms with Gasteiger partial charge in [-0.3, -0.25) is 4.79 Å². The molecule has 0 aliphatic rings. The molecule has 4 aromatic rings. The van der Waals surface area contributed by atoms with Gasteiger partial charge in [-0.25, -0.2) is 0 Å². The number of fused-ring (bicyclic) bond motifs is 1.